The molecule has 1 aliphatic carbocycles. The Morgan fingerprint density at radius 1 is 1.08 bits per heavy atom. The fourth-order valence-electron chi connectivity index (χ4n) is 4.63. The number of aliphatic hydroxyl groups excluding tert-OH is 1. The van der Waals surface area contributed by atoms with Crippen molar-refractivity contribution in [3.05, 3.63) is 42.6 Å². The molecule has 7 heteroatoms. The number of anilines is 1. The average molecular weight is 350 g/mol. The van der Waals surface area contributed by atoms with Gasteiger partial charge >= 0.3 is 0 Å². The summed E-state index contributed by atoms with van der Waals surface area (Å²) < 4.78 is 1.91. The SMILES string of the molecule is Cc1nc(N2C[C@H]3C[C@@H](n4cccn4)[C@H](O)C[C@H]3C2)c2cccnc2n1. The Labute approximate surface area is 151 Å². The minimum absolute atomic E-state index is 0.0664. The highest BCUT2D eigenvalue weighted by atomic mass is 16.3. The normalized spacial score (nSPS) is 28.5. The number of fused-ring (bicyclic) bond motifs is 2. The zero-order valence-electron chi connectivity index (χ0n) is 14.7. The molecular formula is C19H22N6O. The van der Waals surface area contributed by atoms with Crippen LogP contribution >= 0.6 is 0 Å². The molecule has 2 fully saturated rings. The van der Waals surface area contributed by atoms with Crippen LogP contribution in [0, 0.1) is 18.8 Å². The molecule has 0 bridgehead atoms. The summed E-state index contributed by atoms with van der Waals surface area (Å²) in [7, 11) is 0. The summed E-state index contributed by atoms with van der Waals surface area (Å²) >= 11 is 0. The summed E-state index contributed by atoms with van der Waals surface area (Å²) in [6.45, 7) is 3.79. The smallest absolute Gasteiger partial charge is 0.164 e. The third-order valence-corrected chi connectivity index (χ3v) is 5.84. The molecule has 1 saturated heterocycles. The van der Waals surface area contributed by atoms with Crippen LogP contribution in [0.4, 0.5) is 5.82 Å². The van der Waals surface area contributed by atoms with Crippen LogP contribution in [0.2, 0.25) is 0 Å². The second kappa shape index (κ2) is 6.02. The van der Waals surface area contributed by atoms with Gasteiger partial charge in [-0.25, -0.2) is 15.0 Å². The Balaban J connectivity index is 1.45. The highest BCUT2D eigenvalue weighted by Crippen LogP contribution is 2.42. The van der Waals surface area contributed by atoms with Crippen LogP contribution in [0.5, 0.6) is 0 Å². The van der Waals surface area contributed by atoms with E-state index >= 15 is 0 Å². The van der Waals surface area contributed by atoms with Gasteiger partial charge in [-0.15, -0.1) is 0 Å². The number of aliphatic hydroxyl groups is 1. The van der Waals surface area contributed by atoms with Crippen LogP contribution < -0.4 is 4.90 Å². The number of aromatic nitrogens is 5. The van der Waals surface area contributed by atoms with E-state index in [-0.39, 0.29) is 12.1 Å². The van der Waals surface area contributed by atoms with Crippen molar-refractivity contribution < 1.29 is 5.11 Å². The summed E-state index contributed by atoms with van der Waals surface area (Å²) in [5.74, 6) is 2.74. The molecule has 0 aromatic carbocycles. The monoisotopic (exact) mass is 350 g/mol. The molecule has 0 radical (unpaired) electrons. The van der Waals surface area contributed by atoms with Gasteiger partial charge in [-0.2, -0.15) is 5.10 Å². The van der Waals surface area contributed by atoms with Gasteiger partial charge in [0.15, 0.2) is 5.65 Å². The number of hydrogen-bond donors (Lipinski definition) is 1. The highest BCUT2D eigenvalue weighted by Gasteiger charge is 2.43. The van der Waals surface area contributed by atoms with Crippen molar-refractivity contribution in [3.8, 4) is 0 Å². The second-order valence-corrected chi connectivity index (χ2v) is 7.49. The van der Waals surface area contributed by atoms with E-state index in [2.05, 4.69) is 20.0 Å². The molecule has 7 nitrogen and oxygen atoms in total. The summed E-state index contributed by atoms with van der Waals surface area (Å²) in [6.07, 6.45) is 6.92. The van der Waals surface area contributed by atoms with Crippen LogP contribution in [0.25, 0.3) is 11.0 Å². The number of hydrogen-bond acceptors (Lipinski definition) is 6. The molecule has 5 rings (SSSR count). The zero-order valence-corrected chi connectivity index (χ0v) is 14.7. The van der Waals surface area contributed by atoms with Crippen LogP contribution in [-0.2, 0) is 0 Å². The van der Waals surface area contributed by atoms with Crippen LogP contribution in [-0.4, -0.2) is 49.0 Å². The van der Waals surface area contributed by atoms with Gasteiger partial charge in [0.05, 0.1) is 17.5 Å². The summed E-state index contributed by atoms with van der Waals surface area (Å²) in [6, 6.07) is 5.96. The first-order valence-electron chi connectivity index (χ1n) is 9.20. The molecule has 1 saturated carbocycles. The summed E-state index contributed by atoms with van der Waals surface area (Å²) in [4.78, 5) is 15.9. The van der Waals surface area contributed by atoms with Crippen LogP contribution in [0.1, 0.15) is 24.7 Å². The van der Waals surface area contributed by atoms with Gasteiger partial charge in [-0.3, -0.25) is 4.68 Å². The van der Waals surface area contributed by atoms with E-state index in [1.165, 1.54) is 0 Å². The van der Waals surface area contributed by atoms with Gasteiger partial charge in [-0.1, -0.05) is 0 Å². The van der Waals surface area contributed by atoms with Gasteiger partial charge in [0.25, 0.3) is 0 Å². The highest BCUT2D eigenvalue weighted by molar-refractivity contribution is 5.86. The first kappa shape index (κ1) is 15.7. The van der Waals surface area contributed by atoms with E-state index in [1.54, 1.807) is 12.4 Å². The fraction of sp³-hybridized carbons (Fsp3) is 0.474. The fourth-order valence-corrected chi connectivity index (χ4v) is 4.63. The molecule has 134 valence electrons. The first-order chi connectivity index (χ1) is 12.7. The third kappa shape index (κ3) is 2.54. The first-order valence-corrected chi connectivity index (χ1v) is 9.20. The van der Waals surface area contributed by atoms with Crippen molar-refractivity contribution in [2.75, 3.05) is 18.0 Å². The standard InChI is InChI=1S/C19H22N6O/c1-12-22-18-15(4-2-5-20-18)19(23-12)24-10-13-8-16(25-7-3-6-21-25)17(26)9-14(13)11-24/h2-7,13-14,16-17,26H,8-11H2,1H3/t13-,14+,16-,17-/m1/s1. The lowest BCUT2D eigenvalue weighted by Crippen LogP contribution is -2.36. The number of pyridine rings is 1. The topological polar surface area (TPSA) is 80.0 Å². The van der Waals surface area contributed by atoms with Gasteiger partial charge in [0.2, 0.25) is 0 Å². The second-order valence-electron chi connectivity index (χ2n) is 7.49. The predicted molar refractivity (Wildman–Crippen MR) is 97.8 cm³/mol. The Bertz CT molecular complexity index is 927. The summed E-state index contributed by atoms with van der Waals surface area (Å²) in [5.41, 5.74) is 0.749. The summed E-state index contributed by atoms with van der Waals surface area (Å²) in [5, 5.41) is 16.0. The Kier molecular flexibility index (Phi) is 3.63. The van der Waals surface area contributed by atoms with Crippen molar-refractivity contribution in [2.45, 2.75) is 31.9 Å². The molecule has 3 aromatic rings. The van der Waals surface area contributed by atoms with Crippen molar-refractivity contribution in [3.63, 3.8) is 0 Å². The van der Waals surface area contributed by atoms with E-state index in [0.29, 0.717) is 11.8 Å². The third-order valence-electron chi connectivity index (χ3n) is 5.84. The van der Waals surface area contributed by atoms with E-state index in [9.17, 15) is 5.11 Å². The maximum atomic E-state index is 10.6. The molecule has 26 heavy (non-hydrogen) atoms. The molecule has 2 aliphatic rings. The number of nitrogens with zero attached hydrogens (tertiary/aromatic N) is 6. The molecule has 0 amide bonds. The minimum Gasteiger partial charge on any atom is -0.391 e. The minimum atomic E-state index is -0.346. The maximum absolute atomic E-state index is 10.6. The molecule has 1 aliphatic heterocycles. The molecule has 3 aromatic heterocycles. The predicted octanol–water partition coefficient (Wildman–Crippen LogP) is 1.98. The molecule has 1 N–H and O–H groups in total. The number of aryl methyl sites for hydroxylation is 1. The Morgan fingerprint density at radius 3 is 2.73 bits per heavy atom. The van der Waals surface area contributed by atoms with Gasteiger partial charge in [0.1, 0.15) is 11.6 Å². The van der Waals surface area contributed by atoms with E-state index < -0.39 is 0 Å². The number of rotatable bonds is 2. The molecule has 0 spiro atoms. The van der Waals surface area contributed by atoms with Gasteiger partial charge < -0.3 is 10.0 Å². The molecular weight excluding hydrogens is 328 g/mol. The quantitative estimate of drug-likeness (QED) is 0.761. The lowest BCUT2D eigenvalue weighted by molar-refractivity contribution is 0.0306. The molecule has 4 heterocycles. The van der Waals surface area contributed by atoms with Crippen LogP contribution in [0.3, 0.4) is 0 Å². The van der Waals surface area contributed by atoms with E-state index in [4.69, 9.17) is 4.98 Å². The largest absolute Gasteiger partial charge is 0.391 e. The lowest BCUT2D eigenvalue weighted by Gasteiger charge is -2.35. The Hall–Kier alpha value is -2.54. The van der Waals surface area contributed by atoms with Gasteiger partial charge in [-0.05, 0) is 49.8 Å². The molecule has 4 atom stereocenters. The van der Waals surface area contributed by atoms with Crippen molar-refractivity contribution >= 4 is 16.9 Å². The van der Waals surface area contributed by atoms with Crippen molar-refractivity contribution in [1.82, 2.24) is 24.7 Å². The van der Waals surface area contributed by atoms with Gasteiger partial charge in [0, 0.05) is 31.7 Å². The van der Waals surface area contributed by atoms with Crippen molar-refractivity contribution in [2.24, 2.45) is 11.8 Å². The van der Waals surface area contributed by atoms with E-state index in [1.807, 2.05) is 36.0 Å². The maximum Gasteiger partial charge on any atom is 0.164 e. The van der Waals surface area contributed by atoms with E-state index in [0.717, 1.165) is 48.6 Å². The van der Waals surface area contributed by atoms with Crippen molar-refractivity contribution in [1.29, 1.82) is 0 Å². The molecule has 0 unspecified atom stereocenters. The Morgan fingerprint density at radius 2 is 1.92 bits per heavy atom. The van der Waals surface area contributed by atoms with Crippen LogP contribution in [0.15, 0.2) is 36.8 Å². The lowest BCUT2D eigenvalue weighted by atomic mass is 9.77. The average Bonchev–Trinajstić information content (AvgIpc) is 3.29. The zero-order chi connectivity index (χ0) is 17.7.